The van der Waals surface area contributed by atoms with Crippen molar-refractivity contribution in [3.05, 3.63) is 12.2 Å². The fourth-order valence-electron chi connectivity index (χ4n) is 2.43. The van der Waals surface area contributed by atoms with Crippen molar-refractivity contribution in [3.8, 4) is 0 Å². The third kappa shape index (κ3) is 2.12. The van der Waals surface area contributed by atoms with E-state index in [1.807, 2.05) is 13.4 Å². The highest BCUT2D eigenvalue weighted by Gasteiger charge is 2.27. The molecule has 2 rings (SSSR count). The van der Waals surface area contributed by atoms with Crippen molar-refractivity contribution >= 4 is 0 Å². The van der Waals surface area contributed by atoms with Gasteiger partial charge in [-0.25, -0.2) is 0 Å². The van der Waals surface area contributed by atoms with E-state index in [4.69, 9.17) is 0 Å². The van der Waals surface area contributed by atoms with Crippen molar-refractivity contribution < 1.29 is 0 Å². The summed E-state index contributed by atoms with van der Waals surface area (Å²) in [6.45, 7) is 4.30. The lowest BCUT2D eigenvalue weighted by atomic mass is 9.94. The maximum Gasteiger partial charge on any atom is 0.152 e. The summed E-state index contributed by atoms with van der Waals surface area (Å²) >= 11 is 0. The van der Waals surface area contributed by atoms with Crippen molar-refractivity contribution in [2.45, 2.75) is 57.5 Å². The minimum absolute atomic E-state index is 0.103. The molecular weight excluding hydrogens is 200 g/mol. The lowest BCUT2D eigenvalue weighted by Gasteiger charge is -2.29. The topological polar surface area (TPSA) is 42.7 Å². The number of hydrogen-bond donors (Lipinski definition) is 1. The standard InChI is InChI=1S/C12H22N4/c1-12(2,13-3)11-15-14-9-16(11)10-7-5-4-6-8-10/h9-10,13H,4-8H2,1-3H3. The lowest BCUT2D eigenvalue weighted by molar-refractivity contribution is 0.313. The van der Waals surface area contributed by atoms with Gasteiger partial charge in [-0.05, 0) is 33.7 Å². The third-order valence-electron chi connectivity index (χ3n) is 3.73. The Morgan fingerprint density at radius 1 is 1.31 bits per heavy atom. The van der Waals surface area contributed by atoms with Gasteiger partial charge in [0.1, 0.15) is 6.33 Å². The van der Waals surface area contributed by atoms with Gasteiger partial charge < -0.3 is 9.88 Å². The Bertz CT molecular complexity index is 337. The number of aromatic nitrogens is 3. The van der Waals surface area contributed by atoms with E-state index in [-0.39, 0.29) is 5.54 Å². The van der Waals surface area contributed by atoms with E-state index in [2.05, 4.69) is 33.9 Å². The highest BCUT2D eigenvalue weighted by atomic mass is 15.3. The van der Waals surface area contributed by atoms with Crippen LogP contribution in [0.1, 0.15) is 57.8 Å². The Balaban J connectivity index is 2.24. The van der Waals surface area contributed by atoms with E-state index in [0.717, 1.165) is 5.82 Å². The molecule has 0 bridgehead atoms. The Morgan fingerprint density at radius 2 is 2.00 bits per heavy atom. The Hall–Kier alpha value is -0.900. The van der Waals surface area contributed by atoms with Gasteiger partial charge in [0.05, 0.1) is 5.54 Å². The second-order valence-electron chi connectivity index (χ2n) is 5.23. The van der Waals surface area contributed by atoms with Gasteiger partial charge in [-0.3, -0.25) is 0 Å². The van der Waals surface area contributed by atoms with E-state index >= 15 is 0 Å². The van der Waals surface area contributed by atoms with Crippen molar-refractivity contribution in [2.24, 2.45) is 0 Å². The summed E-state index contributed by atoms with van der Waals surface area (Å²) < 4.78 is 2.27. The van der Waals surface area contributed by atoms with Crippen molar-refractivity contribution in [2.75, 3.05) is 7.05 Å². The first-order valence-corrected chi connectivity index (χ1v) is 6.24. The fourth-order valence-corrected chi connectivity index (χ4v) is 2.43. The van der Waals surface area contributed by atoms with Crippen molar-refractivity contribution in [1.82, 2.24) is 20.1 Å². The number of nitrogens with zero attached hydrogens (tertiary/aromatic N) is 3. The second-order valence-corrected chi connectivity index (χ2v) is 5.23. The molecule has 1 aliphatic carbocycles. The summed E-state index contributed by atoms with van der Waals surface area (Å²) in [6, 6.07) is 0.603. The molecule has 1 aromatic rings. The summed E-state index contributed by atoms with van der Waals surface area (Å²) in [7, 11) is 1.97. The van der Waals surface area contributed by atoms with Crippen LogP contribution in [0.15, 0.2) is 6.33 Å². The zero-order chi connectivity index (χ0) is 11.6. The molecule has 1 N–H and O–H groups in total. The molecule has 16 heavy (non-hydrogen) atoms. The van der Waals surface area contributed by atoms with E-state index < -0.39 is 0 Å². The van der Waals surface area contributed by atoms with Crippen LogP contribution in [0.3, 0.4) is 0 Å². The summed E-state index contributed by atoms with van der Waals surface area (Å²) in [4.78, 5) is 0. The van der Waals surface area contributed by atoms with E-state index in [9.17, 15) is 0 Å². The quantitative estimate of drug-likeness (QED) is 0.853. The molecule has 90 valence electrons. The lowest BCUT2D eigenvalue weighted by Crippen LogP contribution is -2.37. The minimum Gasteiger partial charge on any atom is -0.313 e. The average molecular weight is 222 g/mol. The normalized spacial score (nSPS) is 18.9. The molecule has 0 saturated heterocycles. The van der Waals surface area contributed by atoms with Gasteiger partial charge in [-0.1, -0.05) is 19.3 Å². The molecule has 1 fully saturated rings. The molecule has 1 aromatic heterocycles. The van der Waals surface area contributed by atoms with Crippen LogP contribution in [0.2, 0.25) is 0 Å². The molecule has 4 nitrogen and oxygen atoms in total. The Kier molecular flexibility index (Phi) is 3.28. The van der Waals surface area contributed by atoms with Crippen LogP contribution in [0, 0.1) is 0 Å². The molecule has 0 spiro atoms. The molecule has 1 aliphatic rings. The molecule has 1 heterocycles. The molecule has 0 radical (unpaired) electrons. The molecule has 0 unspecified atom stereocenters. The second kappa shape index (κ2) is 4.53. The van der Waals surface area contributed by atoms with E-state index in [1.54, 1.807) is 0 Å². The summed E-state index contributed by atoms with van der Waals surface area (Å²) in [6.07, 6.45) is 8.48. The fraction of sp³-hybridized carbons (Fsp3) is 0.833. The third-order valence-corrected chi connectivity index (χ3v) is 3.73. The van der Waals surface area contributed by atoms with Gasteiger partial charge >= 0.3 is 0 Å². The first kappa shape index (κ1) is 11.6. The van der Waals surface area contributed by atoms with E-state index in [1.165, 1.54) is 32.1 Å². The van der Waals surface area contributed by atoms with Crippen LogP contribution in [0.25, 0.3) is 0 Å². The van der Waals surface area contributed by atoms with Gasteiger partial charge in [-0.15, -0.1) is 10.2 Å². The monoisotopic (exact) mass is 222 g/mol. The van der Waals surface area contributed by atoms with Crippen LogP contribution in [-0.2, 0) is 5.54 Å². The van der Waals surface area contributed by atoms with Gasteiger partial charge in [0.15, 0.2) is 5.82 Å². The van der Waals surface area contributed by atoms with Crippen molar-refractivity contribution in [1.29, 1.82) is 0 Å². The van der Waals surface area contributed by atoms with Gasteiger partial charge in [-0.2, -0.15) is 0 Å². The SMILES string of the molecule is CNC(C)(C)c1nncn1C1CCCCC1. The first-order valence-electron chi connectivity index (χ1n) is 6.24. The van der Waals surface area contributed by atoms with Crippen LogP contribution >= 0.6 is 0 Å². The summed E-state index contributed by atoms with van der Waals surface area (Å²) in [5.41, 5.74) is -0.103. The van der Waals surface area contributed by atoms with Crippen LogP contribution in [0.4, 0.5) is 0 Å². The van der Waals surface area contributed by atoms with Gasteiger partial charge in [0.25, 0.3) is 0 Å². The summed E-state index contributed by atoms with van der Waals surface area (Å²) in [5.74, 6) is 1.06. The first-order chi connectivity index (χ1) is 7.65. The number of hydrogen-bond acceptors (Lipinski definition) is 3. The molecule has 4 heteroatoms. The predicted octanol–water partition coefficient (Wildman–Crippen LogP) is 2.24. The Labute approximate surface area is 97.5 Å². The average Bonchev–Trinajstić information content (AvgIpc) is 2.80. The number of rotatable bonds is 3. The van der Waals surface area contributed by atoms with Crippen LogP contribution < -0.4 is 5.32 Å². The van der Waals surface area contributed by atoms with Crippen LogP contribution in [-0.4, -0.2) is 21.8 Å². The highest BCUT2D eigenvalue weighted by molar-refractivity contribution is 5.03. The predicted molar refractivity (Wildman–Crippen MR) is 64.2 cm³/mol. The van der Waals surface area contributed by atoms with E-state index in [0.29, 0.717) is 6.04 Å². The van der Waals surface area contributed by atoms with Crippen LogP contribution in [0.5, 0.6) is 0 Å². The highest BCUT2D eigenvalue weighted by Crippen LogP contribution is 2.30. The largest absolute Gasteiger partial charge is 0.313 e. The summed E-state index contributed by atoms with van der Waals surface area (Å²) in [5, 5.41) is 11.7. The maximum absolute atomic E-state index is 4.28. The smallest absolute Gasteiger partial charge is 0.152 e. The molecule has 0 aliphatic heterocycles. The number of nitrogens with one attached hydrogen (secondary N) is 1. The molecular formula is C12H22N4. The van der Waals surface area contributed by atoms with Gasteiger partial charge in [0.2, 0.25) is 0 Å². The Morgan fingerprint density at radius 3 is 2.62 bits per heavy atom. The van der Waals surface area contributed by atoms with Gasteiger partial charge in [0, 0.05) is 6.04 Å². The zero-order valence-electron chi connectivity index (χ0n) is 10.5. The zero-order valence-corrected chi connectivity index (χ0v) is 10.5. The molecule has 0 atom stereocenters. The molecule has 0 amide bonds. The maximum atomic E-state index is 4.28. The van der Waals surface area contributed by atoms with Crippen molar-refractivity contribution in [3.63, 3.8) is 0 Å². The molecule has 0 aromatic carbocycles. The molecule has 1 saturated carbocycles. The minimum atomic E-state index is -0.103.